The molecule has 0 fully saturated rings. The van der Waals surface area contributed by atoms with Crippen LogP contribution in [0.3, 0.4) is 0 Å². The van der Waals surface area contributed by atoms with E-state index in [9.17, 15) is 9.18 Å². The second-order valence-corrected chi connectivity index (χ2v) is 4.25. The summed E-state index contributed by atoms with van der Waals surface area (Å²) >= 11 is 0. The molecule has 0 atom stereocenters. The summed E-state index contributed by atoms with van der Waals surface area (Å²) in [5.41, 5.74) is 6.53. The van der Waals surface area contributed by atoms with Gasteiger partial charge < -0.3 is 15.0 Å². The number of anilines is 1. The number of hydrogen-bond acceptors (Lipinski definition) is 3. The van der Waals surface area contributed by atoms with Gasteiger partial charge in [-0.25, -0.2) is 4.39 Å². The number of ether oxygens (including phenoxy) is 1. The average Bonchev–Trinajstić information content (AvgIpc) is 2.38. The Hall–Kier alpha value is -2.30. The number of pyridine rings is 1. The molecule has 1 aromatic heterocycles. The first kappa shape index (κ1) is 13.1. The van der Waals surface area contributed by atoms with Gasteiger partial charge in [-0.2, -0.15) is 0 Å². The van der Waals surface area contributed by atoms with Crippen LogP contribution in [0.15, 0.2) is 41.3 Å². The van der Waals surface area contributed by atoms with E-state index in [-0.39, 0.29) is 18.0 Å². The summed E-state index contributed by atoms with van der Waals surface area (Å²) in [6, 6.07) is 7.63. The molecule has 0 unspecified atom stereocenters. The highest BCUT2D eigenvalue weighted by Gasteiger charge is 2.01. The zero-order valence-corrected chi connectivity index (χ0v) is 10.6. The Morgan fingerprint density at radius 1 is 1.32 bits per heavy atom. The van der Waals surface area contributed by atoms with Crippen LogP contribution in [-0.4, -0.2) is 11.2 Å². The highest BCUT2D eigenvalue weighted by atomic mass is 19.1. The van der Waals surface area contributed by atoms with Crippen molar-refractivity contribution in [3.8, 4) is 5.75 Å². The first-order chi connectivity index (χ1) is 9.06. The summed E-state index contributed by atoms with van der Waals surface area (Å²) < 4.78 is 20.2. The molecule has 2 aromatic rings. The second-order valence-electron chi connectivity index (χ2n) is 4.25. The Kier molecular flexibility index (Phi) is 3.85. The number of benzene rings is 1. The monoisotopic (exact) mass is 262 g/mol. The van der Waals surface area contributed by atoms with E-state index < -0.39 is 0 Å². The molecule has 0 bridgehead atoms. The zero-order valence-electron chi connectivity index (χ0n) is 10.6. The van der Waals surface area contributed by atoms with E-state index in [1.54, 1.807) is 31.3 Å². The van der Waals surface area contributed by atoms with Gasteiger partial charge in [0.25, 0.3) is 5.56 Å². The fraction of sp³-hybridized carbons (Fsp3) is 0.214. The quantitative estimate of drug-likeness (QED) is 0.916. The van der Waals surface area contributed by atoms with Crippen LogP contribution >= 0.6 is 0 Å². The third kappa shape index (κ3) is 3.34. The lowest BCUT2D eigenvalue weighted by Crippen LogP contribution is -2.22. The Bertz CT molecular complexity index is 638. The molecule has 0 aliphatic heterocycles. The molecular formula is C14H15FN2O2. The van der Waals surface area contributed by atoms with E-state index in [2.05, 4.69) is 0 Å². The molecule has 0 aliphatic carbocycles. The number of aromatic nitrogens is 1. The Labute approximate surface area is 110 Å². The summed E-state index contributed by atoms with van der Waals surface area (Å²) in [7, 11) is 0. The van der Waals surface area contributed by atoms with Crippen LogP contribution in [0, 0.1) is 12.7 Å². The van der Waals surface area contributed by atoms with Gasteiger partial charge in [-0.3, -0.25) is 4.79 Å². The minimum atomic E-state index is -0.307. The van der Waals surface area contributed by atoms with Crippen molar-refractivity contribution in [3.63, 3.8) is 0 Å². The van der Waals surface area contributed by atoms with Gasteiger partial charge in [0, 0.05) is 24.0 Å². The SMILES string of the molecule is Cc1ccc(OCCn2cc(N)ccc2=O)cc1F. The van der Waals surface area contributed by atoms with Gasteiger partial charge in [0.1, 0.15) is 18.2 Å². The molecular weight excluding hydrogens is 247 g/mol. The number of nitrogens with zero attached hydrogens (tertiary/aromatic N) is 1. The smallest absolute Gasteiger partial charge is 0.250 e. The van der Waals surface area contributed by atoms with Crippen molar-refractivity contribution in [1.82, 2.24) is 4.57 Å². The predicted molar refractivity (Wildman–Crippen MR) is 71.7 cm³/mol. The van der Waals surface area contributed by atoms with Crippen molar-refractivity contribution in [2.75, 3.05) is 12.3 Å². The predicted octanol–water partition coefficient (Wildman–Crippen LogP) is 1.96. The van der Waals surface area contributed by atoms with Gasteiger partial charge in [-0.05, 0) is 24.6 Å². The third-order valence-corrected chi connectivity index (χ3v) is 2.75. The van der Waals surface area contributed by atoms with Crippen LogP contribution in [-0.2, 0) is 6.54 Å². The van der Waals surface area contributed by atoms with Crippen molar-refractivity contribution in [2.24, 2.45) is 0 Å². The van der Waals surface area contributed by atoms with Crippen LogP contribution in [0.4, 0.5) is 10.1 Å². The summed E-state index contributed by atoms with van der Waals surface area (Å²) in [5.74, 6) is 0.138. The third-order valence-electron chi connectivity index (χ3n) is 2.75. The molecule has 4 nitrogen and oxygen atoms in total. The van der Waals surface area contributed by atoms with Gasteiger partial charge >= 0.3 is 0 Å². The molecule has 2 N–H and O–H groups in total. The first-order valence-electron chi connectivity index (χ1n) is 5.91. The Morgan fingerprint density at radius 2 is 2.11 bits per heavy atom. The van der Waals surface area contributed by atoms with Crippen molar-refractivity contribution < 1.29 is 9.13 Å². The molecule has 0 saturated heterocycles. The highest BCUT2D eigenvalue weighted by Crippen LogP contribution is 2.15. The zero-order chi connectivity index (χ0) is 13.8. The number of aryl methyl sites for hydroxylation is 1. The Balaban J connectivity index is 1.98. The maximum absolute atomic E-state index is 13.3. The van der Waals surface area contributed by atoms with Crippen molar-refractivity contribution >= 4 is 5.69 Å². The number of nitrogen functional groups attached to an aromatic ring is 1. The van der Waals surface area contributed by atoms with Crippen LogP contribution < -0.4 is 16.0 Å². The highest BCUT2D eigenvalue weighted by molar-refractivity contribution is 5.33. The molecule has 0 aliphatic rings. The van der Waals surface area contributed by atoms with E-state index in [0.29, 0.717) is 23.5 Å². The molecule has 5 heteroatoms. The average molecular weight is 262 g/mol. The van der Waals surface area contributed by atoms with E-state index in [1.165, 1.54) is 16.7 Å². The topological polar surface area (TPSA) is 57.2 Å². The van der Waals surface area contributed by atoms with E-state index in [0.717, 1.165) is 0 Å². The van der Waals surface area contributed by atoms with E-state index in [4.69, 9.17) is 10.5 Å². The van der Waals surface area contributed by atoms with Crippen LogP contribution in [0.2, 0.25) is 0 Å². The van der Waals surface area contributed by atoms with E-state index >= 15 is 0 Å². The van der Waals surface area contributed by atoms with Crippen molar-refractivity contribution in [1.29, 1.82) is 0 Å². The molecule has 100 valence electrons. The van der Waals surface area contributed by atoms with Gasteiger partial charge in [-0.15, -0.1) is 0 Å². The lowest BCUT2D eigenvalue weighted by atomic mass is 10.2. The molecule has 0 radical (unpaired) electrons. The lowest BCUT2D eigenvalue weighted by Gasteiger charge is -2.09. The molecule has 0 spiro atoms. The molecule has 0 amide bonds. The molecule has 0 saturated carbocycles. The maximum Gasteiger partial charge on any atom is 0.250 e. The van der Waals surface area contributed by atoms with Gasteiger partial charge in [0.15, 0.2) is 0 Å². The number of hydrogen-bond donors (Lipinski definition) is 1. The lowest BCUT2D eigenvalue weighted by molar-refractivity contribution is 0.295. The minimum Gasteiger partial charge on any atom is -0.492 e. The number of nitrogens with two attached hydrogens (primary N) is 1. The van der Waals surface area contributed by atoms with Gasteiger partial charge in [0.05, 0.1) is 6.54 Å². The summed E-state index contributed by atoms with van der Waals surface area (Å²) in [4.78, 5) is 11.5. The van der Waals surface area contributed by atoms with E-state index in [1.807, 2.05) is 0 Å². The largest absolute Gasteiger partial charge is 0.492 e. The fourth-order valence-electron chi connectivity index (χ4n) is 1.65. The summed E-state index contributed by atoms with van der Waals surface area (Å²) in [5, 5.41) is 0. The molecule has 2 rings (SSSR count). The summed E-state index contributed by atoms with van der Waals surface area (Å²) in [6.07, 6.45) is 1.56. The fourth-order valence-corrected chi connectivity index (χ4v) is 1.65. The van der Waals surface area contributed by atoms with Gasteiger partial charge in [-0.1, -0.05) is 6.07 Å². The number of rotatable bonds is 4. The Morgan fingerprint density at radius 3 is 2.84 bits per heavy atom. The maximum atomic E-state index is 13.3. The van der Waals surface area contributed by atoms with Crippen molar-refractivity contribution in [3.05, 3.63) is 58.3 Å². The van der Waals surface area contributed by atoms with Gasteiger partial charge in [0.2, 0.25) is 0 Å². The molecule has 1 aromatic carbocycles. The van der Waals surface area contributed by atoms with Crippen molar-refractivity contribution in [2.45, 2.75) is 13.5 Å². The molecule has 19 heavy (non-hydrogen) atoms. The standard InChI is InChI=1S/C14H15FN2O2/c1-10-2-4-12(8-13(10)15)19-7-6-17-9-11(16)3-5-14(17)18/h2-5,8-9H,6-7,16H2,1H3. The summed E-state index contributed by atoms with van der Waals surface area (Å²) in [6.45, 7) is 2.32. The minimum absolute atomic E-state index is 0.145. The van der Waals surface area contributed by atoms with Crippen LogP contribution in [0.5, 0.6) is 5.75 Å². The second kappa shape index (κ2) is 5.56. The first-order valence-corrected chi connectivity index (χ1v) is 5.91. The van der Waals surface area contributed by atoms with Crippen LogP contribution in [0.25, 0.3) is 0 Å². The number of halogens is 1. The van der Waals surface area contributed by atoms with Crippen LogP contribution in [0.1, 0.15) is 5.56 Å². The molecule has 1 heterocycles. The normalized spacial score (nSPS) is 10.4.